The Morgan fingerprint density at radius 1 is 1.21 bits per heavy atom. The third kappa shape index (κ3) is 4.74. The molecule has 8 nitrogen and oxygen atoms in total. The summed E-state index contributed by atoms with van der Waals surface area (Å²) in [5.74, 6) is 1.99. The summed E-state index contributed by atoms with van der Waals surface area (Å²) in [6.45, 7) is 4.33. The summed E-state index contributed by atoms with van der Waals surface area (Å²) >= 11 is 0. The first-order valence-corrected chi connectivity index (χ1v) is 9.97. The molecular weight excluding hydrogens is 360 g/mol. The Labute approximate surface area is 164 Å². The van der Waals surface area contributed by atoms with E-state index in [1.165, 1.54) is 0 Å². The number of carbonyl (C=O) groups is 1. The van der Waals surface area contributed by atoms with E-state index in [-0.39, 0.29) is 11.8 Å². The van der Waals surface area contributed by atoms with Gasteiger partial charge >= 0.3 is 0 Å². The molecule has 1 amide bonds. The number of carbonyl (C=O) groups excluding carboxylic acids is 1. The molecule has 4 heterocycles. The monoisotopic (exact) mass is 386 g/mol. The first-order valence-electron chi connectivity index (χ1n) is 9.97. The van der Waals surface area contributed by atoms with Crippen molar-refractivity contribution in [3.05, 3.63) is 41.8 Å². The topological polar surface area (TPSA) is 90.6 Å². The Kier molecular flexibility index (Phi) is 6.28. The number of pyridine rings is 1. The highest BCUT2D eigenvalue weighted by molar-refractivity contribution is 5.94. The van der Waals surface area contributed by atoms with E-state index < -0.39 is 0 Å². The molecule has 2 saturated heterocycles. The van der Waals surface area contributed by atoms with Crippen molar-refractivity contribution >= 4 is 5.91 Å². The van der Waals surface area contributed by atoms with Crippen LogP contribution in [0.4, 0.5) is 0 Å². The van der Waals surface area contributed by atoms with E-state index in [1.54, 1.807) is 24.5 Å². The molecule has 4 rings (SSSR count). The largest absolute Gasteiger partial charge is 0.381 e. The summed E-state index contributed by atoms with van der Waals surface area (Å²) in [7, 11) is 0. The summed E-state index contributed by atoms with van der Waals surface area (Å²) in [4.78, 5) is 22.8. The molecule has 150 valence electrons. The molecule has 0 saturated carbocycles. The van der Waals surface area contributed by atoms with E-state index in [4.69, 9.17) is 14.0 Å². The Morgan fingerprint density at radius 2 is 2.04 bits per heavy atom. The molecule has 0 radical (unpaired) electrons. The predicted molar refractivity (Wildman–Crippen MR) is 99.9 cm³/mol. The molecule has 0 N–H and O–H groups in total. The van der Waals surface area contributed by atoms with Gasteiger partial charge < -0.3 is 18.9 Å². The van der Waals surface area contributed by atoms with Crippen molar-refractivity contribution in [1.82, 2.24) is 20.0 Å². The fourth-order valence-corrected chi connectivity index (χ4v) is 3.68. The van der Waals surface area contributed by atoms with E-state index in [0.717, 1.165) is 39.1 Å². The highest BCUT2D eigenvalue weighted by Crippen LogP contribution is 2.27. The van der Waals surface area contributed by atoms with Crippen LogP contribution in [0.3, 0.4) is 0 Å². The number of aromatic nitrogens is 3. The average molecular weight is 386 g/mol. The fraction of sp³-hybridized carbons (Fsp3) is 0.600. The second-order valence-corrected chi connectivity index (χ2v) is 7.40. The number of hydrogen-bond donors (Lipinski definition) is 0. The van der Waals surface area contributed by atoms with Gasteiger partial charge in [-0.15, -0.1) is 0 Å². The molecule has 2 aliphatic rings. The van der Waals surface area contributed by atoms with Crippen LogP contribution in [0.2, 0.25) is 0 Å². The van der Waals surface area contributed by atoms with Crippen molar-refractivity contribution < 1.29 is 18.8 Å². The SMILES string of the molecule is O=C(c1ccncc1)N1CCC(c2nc(CCOCC3CCOCC3)no2)C1. The van der Waals surface area contributed by atoms with Gasteiger partial charge in [0.15, 0.2) is 5.82 Å². The van der Waals surface area contributed by atoms with E-state index in [9.17, 15) is 4.79 Å². The van der Waals surface area contributed by atoms with Gasteiger partial charge in [-0.05, 0) is 37.3 Å². The van der Waals surface area contributed by atoms with Crippen LogP contribution in [0.15, 0.2) is 29.0 Å². The van der Waals surface area contributed by atoms with Gasteiger partial charge in [0.25, 0.3) is 5.91 Å². The smallest absolute Gasteiger partial charge is 0.253 e. The van der Waals surface area contributed by atoms with Gasteiger partial charge in [0.1, 0.15) is 0 Å². The average Bonchev–Trinajstić information content (AvgIpc) is 3.42. The molecule has 0 bridgehead atoms. The van der Waals surface area contributed by atoms with Gasteiger partial charge in [-0.25, -0.2) is 0 Å². The third-order valence-electron chi connectivity index (χ3n) is 5.40. The lowest BCUT2D eigenvalue weighted by atomic mass is 10.0. The minimum Gasteiger partial charge on any atom is -0.381 e. The molecule has 28 heavy (non-hydrogen) atoms. The maximum absolute atomic E-state index is 12.5. The van der Waals surface area contributed by atoms with Crippen LogP contribution in [-0.4, -0.2) is 65.4 Å². The fourth-order valence-electron chi connectivity index (χ4n) is 3.68. The standard InChI is InChI=1S/C20H26N4O4/c25-20(16-1-7-21-8-2-16)24-9-3-17(13-24)19-22-18(23-28-19)6-12-27-14-15-4-10-26-11-5-15/h1-2,7-8,15,17H,3-6,9-14H2. The van der Waals surface area contributed by atoms with Gasteiger partial charge in [0.05, 0.1) is 12.5 Å². The molecule has 2 aliphatic heterocycles. The molecule has 1 unspecified atom stereocenters. The molecule has 2 aromatic rings. The van der Waals surface area contributed by atoms with Gasteiger partial charge in [0.2, 0.25) is 5.89 Å². The minimum absolute atomic E-state index is 0.0196. The lowest BCUT2D eigenvalue weighted by Crippen LogP contribution is -2.28. The highest BCUT2D eigenvalue weighted by Gasteiger charge is 2.31. The molecule has 0 aromatic carbocycles. The van der Waals surface area contributed by atoms with E-state index in [1.807, 2.05) is 4.90 Å². The van der Waals surface area contributed by atoms with Crippen LogP contribution < -0.4 is 0 Å². The zero-order valence-corrected chi connectivity index (χ0v) is 16.0. The number of ether oxygens (including phenoxy) is 2. The Balaban J connectivity index is 1.22. The van der Waals surface area contributed by atoms with E-state index in [0.29, 0.717) is 49.3 Å². The van der Waals surface area contributed by atoms with Crippen LogP contribution in [0.1, 0.15) is 47.3 Å². The van der Waals surface area contributed by atoms with Crippen molar-refractivity contribution in [1.29, 1.82) is 0 Å². The van der Waals surface area contributed by atoms with Gasteiger partial charge in [-0.1, -0.05) is 5.16 Å². The van der Waals surface area contributed by atoms with Crippen molar-refractivity contribution in [2.24, 2.45) is 5.92 Å². The molecule has 0 spiro atoms. The summed E-state index contributed by atoms with van der Waals surface area (Å²) < 4.78 is 16.6. The summed E-state index contributed by atoms with van der Waals surface area (Å²) in [6, 6.07) is 3.47. The first-order chi connectivity index (χ1) is 13.8. The number of rotatable bonds is 7. The second-order valence-electron chi connectivity index (χ2n) is 7.40. The lowest BCUT2D eigenvalue weighted by molar-refractivity contribution is 0.0211. The molecular formula is C20H26N4O4. The normalized spacial score (nSPS) is 20.6. The zero-order chi connectivity index (χ0) is 19.2. The minimum atomic E-state index is 0.0196. The van der Waals surface area contributed by atoms with Crippen molar-refractivity contribution in [2.45, 2.75) is 31.6 Å². The van der Waals surface area contributed by atoms with Gasteiger partial charge in [-0.3, -0.25) is 9.78 Å². The number of amides is 1. The van der Waals surface area contributed by atoms with E-state index >= 15 is 0 Å². The van der Waals surface area contributed by atoms with Crippen LogP contribution >= 0.6 is 0 Å². The molecule has 0 aliphatic carbocycles. The number of hydrogen-bond acceptors (Lipinski definition) is 7. The van der Waals surface area contributed by atoms with Crippen molar-refractivity contribution in [3.8, 4) is 0 Å². The van der Waals surface area contributed by atoms with Gasteiger partial charge in [0, 0.05) is 57.3 Å². The maximum atomic E-state index is 12.5. The second kappa shape index (κ2) is 9.25. The van der Waals surface area contributed by atoms with Crippen LogP contribution in [0, 0.1) is 5.92 Å². The first kappa shape index (κ1) is 19.0. The maximum Gasteiger partial charge on any atom is 0.253 e. The molecule has 1 atom stereocenters. The third-order valence-corrected chi connectivity index (χ3v) is 5.40. The van der Waals surface area contributed by atoms with Crippen molar-refractivity contribution in [3.63, 3.8) is 0 Å². The number of likely N-dealkylation sites (tertiary alicyclic amines) is 1. The molecule has 8 heteroatoms. The summed E-state index contributed by atoms with van der Waals surface area (Å²) in [6.07, 6.45) is 6.88. The van der Waals surface area contributed by atoms with Crippen molar-refractivity contribution in [2.75, 3.05) is 39.5 Å². The lowest BCUT2D eigenvalue weighted by Gasteiger charge is -2.21. The Bertz CT molecular complexity index is 761. The summed E-state index contributed by atoms with van der Waals surface area (Å²) in [5.41, 5.74) is 0.656. The number of nitrogens with zero attached hydrogens (tertiary/aromatic N) is 4. The van der Waals surface area contributed by atoms with Crippen LogP contribution in [0.25, 0.3) is 0 Å². The zero-order valence-electron chi connectivity index (χ0n) is 16.0. The Hall–Kier alpha value is -2.32. The molecule has 2 aromatic heterocycles. The van der Waals surface area contributed by atoms with E-state index in [2.05, 4.69) is 15.1 Å². The molecule has 2 fully saturated rings. The van der Waals surface area contributed by atoms with Gasteiger partial charge in [-0.2, -0.15) is 4.98 Å². The van der Waals surface area contributed by atoms with Crippen LogP contribution in [-0.2, 0) is 15.9 Å². The highest BCUT2D eigenvalue weighted by atomic mass is 16.5. The Morgan fingerprint density at radius 3 is 2.86 bits per heavy atom. The predicted octanol–water partition coefficient (Wildman–Crippen LogP) is 2.08. The van der Waals surface area contributed by atoms with Crippen LogP contribution in [0.5, 0.6) is 0 Å². The summed E-state index contributed by atoms with van der Waals surface area (Å²) in [5, 5.41) is 4.08. The quantitative estimate of drug-likeness (QED) is 0.673.